The van der Waals surface area contributed by atoms with Crippen molar-refractivity contribution in [3.63, 3.8) is 0 Å². The van der Waals surface area contributed by atoms with Crippen molar-refractivity contribution >= 4 is 52.4 Å². The topological polar surface area (TPSA) is 85.2 Å². The van der Waals surface area contributed by atoms with Gasteiger partial charge in [0.05, 0.1) is 0 Å². The maximum atomic E-state index is 11.4. The molecule has 0 fully saturated rings. The summed E-state index contributed by atoms with van der Waals surface area (Å²) >= 11 is 0. The molecule has 1 atom stereocenters. The molecule has 1 aromatic carbocycles. The van der Waals surface area contributed by atoms with Gasteiger partial charge in [-0.15, -0.1) is 0 Å². The second kappa shape index (κ2) is 6.86. The van der Waals surface area contributed by atoms with Gasteiger partial charge in [-0.05, 0) is 11.6 Å². The van der Waals surface area contributed by atoms with Gasteiger partial charge in [-0.1, -0.05) is 18.2 Å². The second-order valence-corrected chi connectivity index (χ2v) is 4.08. The Kier molecular flexibility index (Phi) is 5.75. The van der Waals surface area contributed by atoms with Gasteiger partial charge in [0, 0.05) is 30.4 Å². The van der Waals surface area contributed by atoms with Crippen molar-refractivity contribution in [1.29, 1.82) is 0 Å². The SMILES string of the molecule is CC(=O)OC(=O)[C@@H](N)Cc1c[nH]c2ccccc12.[NaH]. The summed E-state index contributed by atoms with van der Waals surface area (Å²) < 4.78 is 4.46. The number of carbonyl (C=O) groups excluding carboxylic acids is 2. The Bertz CT molecular complexity index is 594. The number of benzene rings is 1. The minimum atomic E-state index is -0.840. The van der Waals surface area contributed by atoms with Crippen molar-refractivity contribution in [3.05, 3.63) is 36.0 Å². The first-order valence-corrected chi connectivity index (χ1v) is 5.61. The Morgan fingerprint density at radius 3 is 2.74 bits per heavy atom. The van der Waals surface area contributed by atoms with Crippen molar-refractivity contribution in [3.8, 4) is 0 Å². The zero-order valence-electron chi connectivity index (χ0n) is 9.97. The fourth-order valence-corrected chi connectivity index (χ4v) is 1.84. The molecule has 5 nitrogen and oxygen atoms in total. The summed E-state index contributed by atoms with van der Waals surface area (Å²) in [5.41, 5.74) is 7.62. The van der Waals surface area contributed by atoms with E-state index in [1.54, 1.807) is 0 Å². The van der Waals surface area contributed by atoms with Gasteiger partial charge < -0.3 is 15.5 Å². The van der Waals surface area contributed by atoms with Gasteiger partial charge in [-0.2, -0.15) is 0 Å². The van der Waals surface area contributed by atoms with E-state index in [4.69, 9.17) is 5.73 Å². The number of nitrogens with one attached hydrogen (secondary N) is 1. The number of rotatable bonds is 3. The van der Waals surface area contributed by atoms with Gasteiger partial charge in [0.25, 0.3) is 0 Å². The molecule has 1 aromatic heterocycles. The number of aromatic nitrogens is 1. The zero-order chi connectivity index (χ0) is 13.1. The number of hydrogen-bond acceptors (Lipinski definition) is 4. The first-order chi connectivity index (χ1) is 8.58. The van der Waals surface area contributed by atoms with Crippen LogP contribution in [-0.4, -0.2) is 52.5 Å². The number of para-hydroxylation sites is 1. The molecule has 0 radical (unpaired) electrons. The van der Waals surface area contributed by atoms with Gasteiger partial charge in [-0.3, -0.25) is 4.79 Å². The number of aromatic amines is 1. The van der Waals surface area contributed by atoms with Crippen molar-refractivity contribution in [1.82, 2.24) is 4.98 Å². The monoisotopic (exact) mass is 270 g/mol. The van der Waals surface area contributed by atoms with Crippen LogP contribution in [-0.2, 0) is 20.7 Å². The normalized spacial score (nSPS) is 11.7. The molecule has 0 aliphatic heterocycles. The molecule has 6 heteroatoms. The summed E-state index contributed by atoms with van der Waals surface area (Å²) in [6.07, 6.45) is 2.14. The summed E-state index contributed by atoms with van der Waals surface area (Å²) in [5, 5.41) is 1.02. The molecule has 96 valence electrons. The first-order valence-electron chi connectivity index (χ1n) is 5.61. The fourth-order valence-electron chi connectivity index (χ4n) is 1.84. The van der Waals surface area contributed by atoms with Crippen LogP contribution in [0.5, 0.6) is 0 Å². The van der Waals surface area contributed by atoms with E-state index in [9.17, 15) is 9.59 Å². The van der Waals surface area contributed by atoms with E-state index in [0.29, 0.717) is 6.42 Å². The van der Waals surface area contributed by atoms with Crippen LogP contribution in [0.4, 0.5) is 0 Å². The number of carbonyl (C=O) groups is 2. The van der Waals surface area contributed by atoms with Crippen LogP contribution in [0.25, 0.3) is 10.9 Å². The third-order valence-corrected chi connectivity index (χ3v) is 2.66. The molecule has 0 unspecified atom stereocenters. The van der Waals surface area contributed by atoms with Gasteiger partial charge in [0.1, 0.15) is 6.04 Å². The quantitative estimate of drug-likeness (QED) is 0.482. The van der Waals surface area contributed by atoms with Gasteiger partial charge in [-0.25, -0.2) is 4.79 Å². The predicted molar refractivity (Wildman–Crippen MR) is 73.9 cm³/mol. The standard InChI is InChI=1S/C13H14N2O3.Na.H/c1-8(16)18-13(17)11(14)6-9-7-15-12-5-3-2-4-10(9)12;;/h2-5,7,11,15H,6,14H2,1H3;;/t11-;;/m0../s1. The Morgan fingerprint density at radius 1 is 1.37 bits per heavy atom. The van der Waals surface area contributed by atoms with Crippen LogP contribution in [0.3, 0.4) is 0 Å². The predicted octanol–water partition coefficient (Wildman–Crippen LogP) is 0.479. The second-order valence-electron chi connectivity index (χ2n) is 4.08. The Balaban J connectivity index is 0.00000180. The molecule has 19 heavy (non-hydrogen) atoms. The van der Waals surface area contributed by atoms with E-state index in [1.807, 2.05) is 30.5 Å². The minimum absolute atomic E-state index is 0. The number of esters is 2. The van der Waals surface area contributed by atoms with Crippen LogP contribution in [0.1, 0.15) is 12.5 Å². The van der Waals surface area contributed by atoms with Gasteiger partial charge >= 0.3 is 41.5 Å². The molecule has 0 amide bonds. The Labute approximate surface area is 132 Å². The maximum absolute atomic E-state index is 11.4. The van der Waals surface area contributed by atoms with Crippen molar-refractivity contribution < 1.29 is 14.3 Å². The number of H-pyrrole nitrogens is 1. The zero-order valence-corrected chi connectivity index (χ0v) is 9.97. The summed E-state index contributed by atoms with van der Waals surface area (Å²) in [6.45, 7) is 1.18. The molecule has 0 aliphatic rings. The molecule has 2 rings (SSSR count). The molecule has 0 saturated heterocycles. The van der Waals surface area contributed by atoms with Crippen molar-refractivity contribution in [2.24, 2.45) is 5.73 Å². The number of fused-ring (bicyclic) bond motifs is 1. The number of nitrogens with two attached hydrogens (primary N) is 1. The third-order valence-electron chi connectivity index (χ3n) is 2.66. The van der Waals surface area contributed by atoms with Crippen molar-refractivity contribution in [2.75, 3.05) is 0 Å². The third kappa shape index (κ3) is 3.91. The van der Waals surface area contributed by atoms with Crippen LogP contribution in [0.2, 0.25) is 0 Å². The molecule has 2 aromatic rings. The molecule has 0 spiro atoms. The summed E-state index contributed by atoms with van der Waals surface area (Å²) in [6, 6.07) is 6.89. The molecule has 0 saturated carbocycles. The first kappa shape index (κ1) is 15.9. The van der Waals surface area contributed by atoms with E-state index >= 15 is 0 Å². The average molecular weight is 270 g/mol. The van der Waals surface area contributed by atoms with E-state index in [0.717, 1.165) is 16.5 Å². The molecule has 3 N–H and O–H groups in total. The van der Waals surface area contributed by atoms with Crippen LogP contribution in [0.15, 0.2) is 30.5 Å². The van der Waals surface area contributed by atoms with E-state index in [-0.39, 0.29) is 29.6 Å². The average Bonchev–Trinajstić information content (AvgIpc) is 2.72. The van der Waals surface area contributed by atoms with Crippen LogP contribution < -0.4 is 5.73 Å². The summed E-state index contributed by atoms with van der Waals surface area (Å²) in [7, 11) is 0. The molecule has 0 bridgehead atoms. The summed E-state index contributed by atoms with van der Waals surface area (Å²) in [5.74, 6) is -1.35. The van der Waals surface area contributed by atoms with E-state index in [1.165, 1.54) is 6.92 Å². The molecular weight excluding hydrogens is 255 g/mol. The number of hydrogen-bond donors (Lipinski definition) is 2. The van der Waals surface area contributed by atoms with E-state index in [2.05, 4.69) is 9.72 Å². The summed E-state index contributed by atoms with van der Waals surface area (Å²) in [4.78, 5) is 25.2. The molecule has 0 aliphatic carbocycles. The molecular formula is C13H15N2NaO3. The van der Waals surface area contributed by atoms with E-state index < -0.39 is 18.0 Å². The van der Waals surface area contributed by atoms with Gasteiger partial charge in [0.15, 0.2) is 0 Å². The Hall–Kier alpha value is -1.14. The van der Waals surface area contributed by atoms with Crippen LogP contribution >= 0.6 is 0 Å². The molecule has 1 heterocycles. The van der Waals surface area contributed by atoms with Crippen molar-refractivity contribution in [2.45, 2.75) is 19.4 Å². The van der Waals surface area contributed by atoms with Gasteiger partial charge in [0.2, 0.25) is 0 Å². The van der Waals surface area contributed by atoms with Crippen LogP contribution in [0, 0.1) is 0 Å². The fraction of sp³-hybridized carbons (Fsp3) is 0.231. The number of ether oxygens (including phenoxy) is 1. The Morgan fingerprint density at radius 2 is 2.05 bits per heavy atom.